The average molecular weight is 422 g/mol. The first kappa shape index (κ1) is 19.8. The molecule has 2 aromatic carbocycles. The molecule has 5 nitrogen and oxygen atoms in total. The van der Waals surface area contributed by atoms with Gasteiger partial charge in [0.2, 0.25) is 15.9 Å². The fourth-order valence-electron chi connectivity index (χ4n) is 2.12. The molecule has 0 atom stereocenters. The molecule has 0 aliphatic heterocycles. The molecule has 0 radical (unpaired) electrons. The van der Waals surface area contributed by atoms with Crippen LogP contribution in [0.15, 0.2) is 36.4 Å². The monoisotopic (exact) mass is 420 g/mol. The Balaban J connectivity index is 2.33. The average Bonchev–Trinajstić information content (AvgIpc) is 2.50. The SMILES string of the molecule is Cc1ccccc1NC(=O)CN(c1cc(Cl)c(Cl)cc1Cl)S(C)(=O)=O. The molecule has 0 aromatic heterocycles. The molecule has 0 aliphatic carbocycles. The van der Waals surface area contributed by atoms with Gasteiger partial charge >= 0.3 is 0 Å². The first-order chi connectivity index (χ1) is 11.6. The fourth-order valence-corrected chi connectivity index (χ4v) is 3.67. The number of carbonyl (C=O) groups excluding carboxylic acids is 1. The molecular weight excluding hydrogens is 407 g/mol. The van der Waals surface area contributed by atoms with Gasteiger partial charge in [0, 0.05) is 5.69 Å². The Kier molecular flexibility index (Phi) is 6.21. The second-order valence-corrected chi connectivity index (χ2v) is 8.48. The number of para-hydroxylation sites is 1. The van der Waals surface area contributed by atoms with E-state index in [0.29, 0.717) is 5.69 Å². The lowest BCUT2D eigenvalue weighted by Crippen LogP contribution is -2.37. The van der Waals surface area contributed by atoms with Crippen molar-refractivity contribution < 1.29 is 13.2 Å². The molecule has 0 aliphatic rings. The standard InChI is InChI=1S/C16H15Cl3N2O3S/c1-10-5-3-4-6-14(10)20-16(22)9-21(25(2,23)24)15-8-12(18)11(17)7-13(15)19/h3-8H,9H2,1-2H3,(H,20,22). The smallest absolute Gasteiger partial charge is 0.245 e. The van der Waals surface area contributed by atoms with E-state index in [9.17, 15) is 13.2 Å². The summed E-state index contributed by atoms with van der Waals surface area (Å²) in [6.07, 6.45) is 0.979. The molecular formula is C16H15Cl3N2O3S. The summed E-state index contributed by atoms with van der Waals surface area (Å²) in [5.74, 6) is -0.512. The first-order valence-electron chi connectivity index (χ1n) is 7.07. The van der Waals surface area contributed by atoms with Crippen LogP contribution < -0.4 is 9.62 Å². The summed E-state index contributed by atoms with van der Waals surface area (Å²) in [6.45, 7) is 1.38. The van der Waals surface area contributed by atoms with Gasteiger partial charge in [-0.1, -0.05) is 53.0 Å². The molecule has 0 saturated heterocycles. The molecule has 0 spiro atoms. The Morgan fingerprint density at radius 2 is 1.68 bits per heavy atom. The summed E-state index contributed by atoms with van der Waals surface area (Å²) >= 11 is 17.9. The van der Waals surface area contributed by atoms with Crippen LogP contribution in [-0.4, -0.2) is 27.1 Å². The minimum Gasteiger partial charge on any atom is -0.324 e. The van der Waals surface area contributed by atoms with Gasteiger partial charge in [-0.15, -0.1) is 0 Å². The molecule has 2 rings (SSSR count). The van der Waals surface area contributed by atoms with Gasteiger partial charge < -0.3 is 5.32 Å². The van der Waals surface area contributed by atoms with Gasteiger partial charge in [0.15, 0.2) is 0 Å². The lowest BCUT2D eigenvalue weighted by atomic mass is 10.2. The molecule has 0 saturated carbocycles. The number of benzene rings is 2. The maximum atomic E-state index is 12.3. The van der Waals surface area contributed by atoms with Crippen LogP contribution in [0.2, 0.25) is 15.1 Å². The topological polar surface area (TPSA) is 66.5 Å². The number of carbonyl (C=O) groups is 1. The van der Waals surface area contributed by atoms with Crippen molar-refractivity contribution in [3.63, 3.8) is 0 Å². The van der Waals surface area contributed by atoms with Gasteiger partial charge in [0.05, 0.1) is 27.0 Å². The van der Waals surface area contributed by atoms with Crippen LogP contribution in [0.1, 0.15) is 5.56 Å². The highest BCUT2D eigenvalue weighted by Crippen LogP contribution is 2.35. The van der Waals surface area contributed by atoms with E-state index in [1.54, 1.807) is 12.1 Å². The van der Waals surface area contributed by atoms with Crippen molar-refractivity contribution in [1.29, 1.82) is 0 Å². The quantitative estimate of drug-likeness (QED) is 0.729. The van der Waals surface area contributed by atoms with Crippen LogP contribution >= 0.6 is 34.8 Å². The van der Waals surface area contributed by atoms with Gasteiger partial charge in [-0.2, -0.15) is 0 Å². The van der Waals surface area contributed by atoms with E-state index in [4.69, 9.17) is 34.8 Å². The molecule has 134 valence electrons. The summed E-state index contributed by atoms with van der Waals surface area (Å²) in [4.78, 5) is 12.3. The van der Waals surface area contributed by atoms with E-state index in [2.05, 4.69) is 5.32 Å². The number of rotatable bonds is 5. The van der Waals surface area contributed by atoms with Crippen LogP contribution in [0.5, 0.6) is 0 Å². The highest BCUT2D eigenvalue weighted by molar-refractivity contribution is 7.92. The molecule has 9 heteroatoms. The van der Waals surface area contributed by atoms with Crippen molar-refractivity contribution in [2.45, 2.75) is 6.92 Å². The molecule has 2 aromatic rings. The third kappa shape index (κ3) is 5.01. The summed E-state index contributed by atoms with van der Waals surface area (Å²) in [7, 11) is -3.78. The van der Waals surface area contributed by atoms with Gasteiger partial charge in [-0.3, -0.25) is 9.10 Å². The molecule has 1 N–H and O–H groups in total. The first-order valence-corrected chi connectivity index (χ1v) is 10.1. The van der Waals surface area contributed by atoms with E-state index >= 15 is 0 Å². The van der Waals surface area contributed by atoms with E-state index < -0.39 is 22.5 Å². The Morgan fingerprint density at radius 1 is 1.08 bits per heavy atom. The van der Waals surface area contributed by atoms with E-state index in [1.165, 1.54) is 12.1 Å². The van der Waals surface area contributed by atoms with Gasteiger partial charge in [-0.25, -0.2) is 8.42 Å². The maximum absolute atomic E-state index is 12.3. The van der Waals surface area contributed by atoms with Crippen LogP contribution in [0, 0.1) is 6.92 Å². The Bertz CT molecular complexity index is 917. The summed E-state index contributed by atoms with van der Waals surface area (Å²) in [5, 5.41) is 3.08. The number of anilines is 2. The fraction of sp³-hybridized carbons (Fsp3) is 0.188. The number of halogens is 3. The Hall–Kier alpha value is -1.47. The third-order valence-corrected chi connectivity index (χ3v) is 5.52. The number of hydrogen-bond acceptors (Lipinski definition) is 3. The van der Waals surface area contributed by atoms with Crippen molar-refractivity contribution in [2.75, 3.05) is 22.4 Å². The number of hydrogen-bond donors (Lipinski definition) is 1. The summed E-state index contributed by atoms with van der Waals surface area (Å²) < 4.78 is 25.2. The molecule has 0 unspecified atom stereocenters. The molecule has 25 heavy (non-hydrogen) atoms. The van der Waals surface area contributed by atoms with Crippen LogP contribution in [-0.2, 0) is 14.8 Å². The zero-order valence-electron chi connectivity index (χ0n) is 13.4. The molecule has 0 fully saturated rings. The summed E-state index contributed by atoms with van der Waals surface area (Å²) in [6, 6.07) is 9.81. The lowest BCUT2D eigenvalue weighted by Gasteiger charge is -2.23. The van der Waals surface area contributed by atoms with Crippen molar-refractivity contribution in [3.8, 4) is 0 Å². The number of nitrogens with one attached hydrogen (secondary N) is 1. The van der Waals surface area contributed by atoms with E-state index in [1.807, 2.05) is 19.1 Å². The normalized spacial score (nSPS) is 11.2. The Morgan fingerprint density at radius 3 is 2.28 bits per heavy atom. The molecule has 1 amide bonds. The van der Waals surface area contributed by atoms with E-state index in [-0.39, 0.29) is 20.8 Å². The number of aryl methyl sites for hydroxylation is 1. The number of nitrogens with zero attached hydrogens (tertiary/aromatic N) is 1. The highest BCUT2D eigenvalue weighted by Gasteiger charge is 2.24. The highest BCUT2D eigenvalue weighted by atomic mass is 35.5. The van der Waals surface area contributed by atoms with Gasteiger partial charge in [0.25, 0.3) is 0 Å². The largest absolute Gasteiger partial charge is 0.324 e. The number of amides is 1. The van der Waals surface area contributed by atoms with Crippen LogP contribution in [0.4, 0.5) is 11.4 Å². The zero-order chi connectivity index (χ0) is 18.8. The molecule has 0 heterocycles. The molecule has 0 bridgehead atoms. The summed E-state index contributed by atoms with van der Waals surface area (Å²) in [5.41, 5.74) is 1.54. The van der Waals surface area contributed by atoms with Crippen molar-refractivity contribution in [2.24, 2.45) is 0 Å². The minimum atomic E-state index is -3.78. The maximum Gasteiger partial charge on any atom is 0.245 e. The van der Waals surface area contributed by atoms with Crippen molar-refractivity contribution in [1.82, 2.24) is 0 Å². The van der Waals surface area contributed by atoms with Gasteiger partial charge in [0.1, 0.15) is 6.54 Å². The minimum absolute atomic E-state index is 0.0727. The van der Waals surface area contributed by atoms with Gasteiger partial charge in [-0.05, 0) is 30.7 Å². The van der Waals surface area contributed by atoms with Crippen LogP contribution in [0.25, 0.3) is 0 Å². The zero-order valence-corrected chi connectivity index (χ0v) is 16.5. The third-order valence-electron chi connectivity index (χ3n) is 3.37. The predicted molar refractivity (Wildman–Crippen MR) is 103 cm³/mol. The second-order valence-electron chi connectivity index (χ2n) is 5.35. The van der Waals surface area contributed by atoms with Crippen molar-refractivity contribution in [3.05, 3.63) is 57.0 Å². The predicted octanol–water partition coefficient (Wildman–Crippen LogP) is 4.36. The van der Waals surface area contributed by atoms with Crippen molar-refractivity contribution >= 4 is 62.1 Å². The Labute approximate surface area is 161 Å². The second kappa shape index (κ2) is 7.83. The number of sulfonamides is 1. The lowest BCUT2D eigenvalue weighted by molar-refractivity contribution is -0.114. The van der Waals surface area contributed by atoms with Crippen LogP contribution in [0.3, 0.4) is 0 Å². The van der Waals surface area contributed by atoms with E-state index in [0.717, 1.165) is 16.1 Å².